The van der Waals surface area contributed by atoms with Gasteiger partial charge in [0.1, 0.15) is 18.3 Å². The first kappa shape index (κ1) is 34.5. The molecule has 1 N–H and O–H groups in total. The Morgan fingerprint density at radius 3 is 2.02 bits per heavy atom. The fraction of sp³-hybridized carbons (Fsp3) is 0.278. The van der Waals surface area contributed by atoms with Crippen LogP contribution in [-0.4, -0.2) is 50.9 Å². The molecular formula is C36H40ClN3O5S. The highest BCUT2D eigenvalue weighted by atomic mass is 35.5. The molecule has 2 amide bonds. The van der Waals surface area contributed by atoms with E-state index in [2.05, 4.69) is 5.32 Å². The van der Waals surface area contributed by atoms with Gasteiger partial charge in [-0.25, -0.2) is 8.42 Å². The fourth-order valence-corrected chi connectivity index (χ4v) is 6.66. The lowest BCUT2D eigenvalue weighted by atomic mass is 10.0. The molecule has 10 heteroatoms. The Morgan fingerprint density at radius 2 is 1.46 bits per heavy atom. The summed E-state index contributed by atoms with van der Waals surface area (Å²) in [6.45, 7) is 7.04. The maximum absolute atomic E-state index is 14.5. The summed E-state index contributed by atoms with van der Waals surface area (Å²) in [6.07, 6.45) is 0.232. The molecule has 0 aliphatic heterocycles. The second-order valence-electron chi connectivity index (χ2n) is 11.5. The van der Waals surface area contributed by atoms with Crippen LogP contribution in [-0.2, 0) is 32.6 Å². The summed E-state index contributed by atoms with van der Waals surface area (Å²) in [6, 6.07) is 27.0. The van der Waals surface area contributed by atoms with E-state index in [4.69, 9.17) is 16.3 Å². The number of carbonyl (C=O) groups excluding carboxylic acids is 2. The SMILES string of the molecule is COc1ccc(N(CC(=O)N(Cc2ccc(C)cc2)C(Cc2ccccc2)C(=O)NC(C)C)S(=O)(=O)c2ccc(C)cc2)cc1Cl. The molecule has 0 radical (unpaired) electrons. The Morgan fingerprint density at radius 1 is 0.848 bits per heavy atom. The average molecular weight is 662 g/mol. The first-order valence-corrected chi connectivity index (χ1v) is 16.8. The maximum Gasteiger partial charge on any atom is 0.264 e. The first-order chi connectivity index (χ1) is 21.9. The van der Waals surface area contributed by atoms with Crippen molar-refractivity contribution in [3.63, 3.8) is 0 Å². The van der Waals surface area contributed by atoms with Gasteiger partial charge in [-0.1, -0.05) is 89.5 Å². The van der Waals surface area contributed by atoms with Crippen LogP contribution in [0.15, 0.2) is 102 Å². The molecule has 0 fully saturated rings. The molecule has 0 bridgehead atoms. The van der Waals surface area contributed by atoms with E-state index in [1.54, 1.807) is 24.3 Å². The molecule has 0 saturated carbocycles. The van der Waals surface area contributed by atoms with Gasteiger partial charge in [-0.15, -0.1) is 0 Å². The smallest absolute Gasteiger partial charge is 0.264 e. The summed E-state index contributed by atoms with van der Waals surface area (Å²) >= 11 is 6.45. The Balaban J connectivity index is 1.82. The van der Waals surface area contributed by atoms with Gasteiger partial charge >= 0.3 is 0 Å². The number of amides is 2. The van der Waals surface area contributed by atoms with Crippen LogP contribution < -0.4 is 14.4 Å². The second kappa shape index (κ2) is 15.3. The maximum atomic E-state index is 14.5. The van der Waals surface area contributed by atoms with Gasteiger partial charge in [-0.2, -0.15) is 0 Å². The molecule has 0 saturated heterocycles. The van der Waals surface area contributed by atoms with Crippen molar-refractivity contribution in [3.8, 4) is 5.75 Å². The van der Waals surface area contributed by atoms with Crippen LogP contribution in [0.4, 0.5) is 5.69 Å². The zero-order valence-corrected chi connectivity index (χ0v) is 28.3. The standard InChI is InChI=1S/C36H40ClN3O5S/c1-25(2)38-36(42)33(21-28-9-7-6-8-10-28)39(23-29-15-11-26(3)12-16-29)35(41)24-40(30-17-20-34(45-5)32(37)22-30)46(43,44)31-18-13-27(4)14-19-31/h6-20,22,25,33H,21,23-24H2,1-5H3,(H,38,42). The van der Waals surface area contributed by atoms with Crippen molar-refractivity contribution in [2.45, 2.75) is 57.6 Å². The monoisotopic (exact) mass is 661 g/mol. The largest absolute Gasteiger partial charge is 0.495 e. The number of hydrogen-bond acceptors (Lipinski definition) is 5. The van der Waals surface area contributed by atoms with E-state index in [1.165, 1.54) is 30.2 Å². The molecule has 0 aromatic heterocycles. The third kappa shape index (κ3) is 8.68. The number of nitrogens with zero attached hydrogens (tertiary/aromatic N) is 2. The average Bonchev–Trinajstić information content (AvgIpc) is 3.02. The second-order valence-corrected chi connectivity index (χ2v) is 13.8. The molecule has 1 unspecified atom stereocenters. The molecular weight excluding hydrogens is 622 g/mol. The minimum absolute atomic E-state index is 0.0151. The molecule has 4 aromatic rings. The Bertz CT molecular complexity index is 1750. The number of methoxy groups -OCH3 is 1. The lowest BCUT2D eigenvalue weighted by Gasteiger charge is -2.34. The highest BCUT2D eigenvalue weighted by Gasteiger charge is 2.35. The van der Waals surface area contributed by atoms with Gasteiger partial charge < -0.3 is 15.0 Å². The van der Waals surface area contributed by atoms with Crippen LogP contribution in [0.5, 0.6) is 5.75 Å². The molecule has 242 valence electrons. The summed E-state index contributed by atoms with van der Waals surface area (Å²) in [5.74, 6) is -0.526. The van der Waals surface area contributed by atoms with Crippen LogP contribution in [0, 0.1) is 13.8 Å². The van der Waals surface area contributed by atoms with Crippen molar-refractivity contribution < 1.29 is 22.7 Å². The molecule has 0 aliphatic rings. The first-order valence-electron chi connectivity index (χ1n) is 15.0. The zero-order chi connectivity index (χ0) is 33.4. The molecule has 1 atom stereocenters. The third-order valence-corrected chi connectivity index (χ3v) is 9.57. The third-order valence-electron chi connectivity index (χ3n) is 7.49. The summed E-state index contributed by atoms with van der Waals surface area (Å²) in [4.78, 5) is 29.8. The van der Waals surface area contributed by atoms with Crippen molar-refractivity contribution in [1.82, 2.24) is 10.2 Å². The van der Waals surface area contributed by atoms with E-state index in [0.29, 0.717) is 5.75 Å². The van der Waals surface area contributed by atoms with E-state index in [-0.39, 0.29) is 40.5 Å². The van der Waals surface area contributed by atoms with Crippen molar-refractivity contribution in [2.75, 3.05) is 18.0 Å². The number of aryl methyl sites for hydroxylation is 2. The van der Waals surface area contributed by atoms with Crippen LogP contribution >= 0.6 is 11.6 Å². The normalized spacial score (nSPS) is 12.0. The summed E-state index contributed by atoms with van der Waals surface area (Å²) in [7, 11) is -2.79. The Labute approximate surface area is 277 Å². The van der Waals surface area contributed by atoms with Gasteiger partial charge in [-0.05, 0) is 69.2 Å². The number of nitrogens with one attached hydrogen (secondary N) is 1. The van der Waals surface area contributed by atoms with Crippen molar-refractivity contribution in [3.05, 3.63) is 124 Å². The quantitative estimate of drug-likeness (QED) is 0.181. The predicted octanol–water partition coefficient (Wildman–Crippen LogP) is 6.33. The van der Waals surface area contributed by atoms with Crippen LogP contribution in [0.3, 0.4) is 0 Å². The number of halogens is 1. The molecule has 46 heavy (non-hydrogen) atoms. The predicted molar refractivity (Wildman–Crippen MR) is 183 cm³/mol. The van der Waals surface area contributed by atoms with E-state index >= 15 is 0 Å². The highest BCUT2D eigenvalue weighted by Crippen LogP contribution is 2.32. The van der Waals surface area contributed by atoms with E-state index in [1.807, 2.05) is 82.3 Å². The van der Waals surface area contributed by atoms with Crippen molar-refractivity contribution in [2.24, 2.45) is 0 Å². The summed E-state index contributed by atoms with van der Waals surface area (Å²) in [5.41, 5.74) is 3.78. The lowest BCUT2D eigenvalue weighted by molar-refractivity contribution is -0.140. The van der Waals surface area contributed by atoms with Gasteiger partial charge in [0, 0.05) is 19.0 Å². The topological polar surface area (TPSA) is 96.0 Å². The van der Waals surface area contributed by atoms with Gasteiger partial charge in [0.25, 0.3) is 10.0 Å². The van der Waals surface area contributed by atoms with Crippen LogP contribution in [0.2, 0.25) is 5.02 Å². The van der Waals surface area contributed by atoms with Gasteiger partial charge in [-0.3, -0.25) is 13.9 Å². The van der Waals surface area contributed by atoms with Crippen molar-refractivity contribution in [1.29, 1.82) is 0 Å². The van der Waals surface area contributed by atoms with Gasteiger partial charge in [0.05, 0.1) is 22.7 Å². The molecule has 0 aliphatic carbocycles. The van der Waals surface area contributed by atoms with Crippen LogP contribution in [0.25, 0.3) is 0 Å². The number of benzene rings is 4. The number of carbonyl (C=O) groups is 2. The number of sulfonamides is 1. The molecule has 4 rings (SSSR count). The summed E-state index contributed by atoms with van der Waals surface area (Å²) < 4.78 is 34.7. The van der Waals surface area contributed by atoms with Crippen molar-refractivity contribution >= 4 is 39.1 Å². The van der Waals surface area contributed by atoms with E-state index < -0.39 is 28.5 Å². The number of anilines is 1. The number of ether oxygens (including phenoxy) is 1. The van der Waals surface area contributed by atoms with Gasteiger partial charge in [0.2, 0.25) is 11.8 Å². The van der Waals surface area contributed by atoms with Gasteiger partial charge in [0.15, 0.2) is 0 Å². The Kier molecular flexibility index (Phi) is 11.5. The van der Waals surface area contributed by atoms with E-state index in [9.17, 15) is 18.0 Å². The van der Waals surface area contributed by atoms with E-state index in [0.717, 1.165) is 26.6 Å². The lowest BCUT2D eigenvalue weighted by Crippen LogP contribution is -2.54. The Hall–Kier alpha value is -4.34. The molecule has 0 heterocycles. The number of hydrogen-bond donors (Lipinski definition) is 1. The summed E-state index contributed by atoms with van der Waals surface area (Å²) in [5, 5.41) is 3.15. The minimum Gasteiger partial charge on any atom is -0.495 e. The highest BCUT2D eigenvalue weighted by molar-refractivity contribution is 7.92. The van der Waals surface area contributed by atoms with Crippen LogP contribution in [0.1, 0.15) is 36.1 Å². The fourth-order valence-electron chi connectivity index (χ4n) is 5.00. The molecule has 0 spiro atoms. The zero-order valence-electron chi connectivity index (χ0n) is 26.7. The number of rotatable bonds is 13. The molecule has 4 aromatic carbocycles. The molecule has 8 nitrogen and oxygen atoms in total. The minimum atomic E-state index is -4.25.